The molecule has 0 saturated carbocycles. The molecule has 0 aliphatic rings. The zero-order chi connectivity index (χ0) is 21.1. The van der Waals surface area contributed by atoms with Gasteiger partial charge >= 0.3 is 5.97 Å². The number of rotatable bonds is 7. The lowest BCUT2D eigenvalue weighted by Crippen LogP contribution is -2.24. The van der Waals surface area contributed by atoms with Crippen molar-refractivity contribution in [1.29, 1.82) is 0 Å². The molecule has 7 nitrogen and oxygen atoms in total. The molecule has 1 atom stereocenters. The third-order valence-corrected chi connectivity index (χ3v) is 5.14. The van der Waals surface area contributed by atoms with Gasteiger partial charge in [-0.2, -0.15) is 4.98 Å². The van der Waals surface area contributed by atoms with Crippen molar-refractivity contribution in [3.05, 3.63) is 52.6 Å². The van der Waals surface area contributed by atoms with E-state index in [1.807, 2.05) is 20.1 Å². The highest BCUT2D eigenvalue weighted by atomic mass is 32.2. The third-order valence-electron chi connectivity index (χ3n) is 4.60. The van der Waals surface area contributed by atoms with Gasteiger partial charge in [0.25, 0.3) is 5.78 Å². The van der Waals surface area contributed by atoms with Crippen LogP contribution in [0.15, 0.2) is 29.4 Å². The van der Waals surface area contributed by atoms with Crippen LogP contribution < -0.4 is 0 Å². The standard InChI is InChI=1S/C20H21FN4O3S/c1-11-16(12(2)25-19(22-11)23-20(24-25)29-4)9-10-17(26)28-13(3)18(27)14-5-7-15(21)8-6-14/h5-8,13H,9-10H2,1-4H3/t13-/m0/s1. The number of hydrogen-bond acceptors (Lipinski definition) is 7. The zero-order valence-electron chi connectivity index (χ0n) is 16.6. The molecule has 3 rings (SSSR count). The minimum absolute atomic E-state index is 0.0972. The molecule has 0 aliphatic carbocycles. The molecule has 2 heterocycles. The van der Waals surface area contributed by atoms with Gasteiger partial charge in [-0.05, 0) is 63.3 Å². The van der Waals surface area contributed by atoms with Crippen molar-refractivity contribution in [3.63, 3.8) is 0 Å². The molecule has 1 aromatic carbocycles. The average Bonchev–Trinajstić information content (AvgIpc) is 3.11. The second kappa shape index (κ2) is 8.69. The number of thioether (sulfide) groups is 1. The first kappa shape index (κ1) is 20.9. The zero-order valence-corrected chi connectivity index (χ0v) is 17.4. The molecular formula is C20H21FN4O3S. The summed E-state index contributed by atoms with van der Waals surface area (Å²) in [6.45, 7) is 5.27. The fourth-order valence-corrected chi connectivity index (χ4v) is 3.36. The van der Waals surface area contributed by atoms with Crippen LogP contribution in [-0.2, 0) is 16.0 Å². The highest BCUT2D eigenvalue weighted by Crippen LogP contribution is 2.18. The van der Waals surface area contributed by atoms with Crippen LogP contribution in [-0.4, -0.2) is 43.7 Å². The Bertz CT molecular complexity index is 1070. The largest absolute Gasteiger partial charge is 0.454 e. The molecule has 29 heavy (non-hydrogen) atoms. The predicted molar refractivity (Wildman–Crippen MR) is 107 cm³/mol. The normalized spacial score (nSPS) is 12.2. The summed E-state index contributed by atoms with van der Waals surface area (Å²) in [7, 11) is 0. The summed E-state index contributed by atoms with van der Waals surface area (Å²) in [6, 6.07) is 5.14. The minimum atomic E-state index is -0.949. The molecule has 0 unspecified atom stereocenters. The van der Waals surface area contributed by atoms with E-state index < -0.39 is 17.9 Å². The summed E-state index contributed by atoms with van der Waals surface area (Å²) in [4.78, 5) is 33.4. The number of ether oxygens (including phenoxy) is 1. The summed E-state index contributed by atoms with van der Waals surface area (Å²) >= 11 is 1.43. The molecule has 0 spiro atoms. The van der Waals surface area contributed by atoms with Gasteiger partial charge in [0.05, 0.1) is 0 Å². The molecule has 9 heteroatoms. The summed E-state index contributed by atoms with van der Waals surface area (Å²) in [5.41, 5.74) is 2.83. The number of hydrogen-bond donors (Lipinski definition) is 0. The van der Waals surface area contributed by atoms with Crippen LogP contribution in [0.1, 0.15) is 40.7 Å². The number of esters is 1. The van der Waals surface area contributed by atoms with E-state index in [9.17, 15) is 14.0 Å². The summed E-state index contributed by atoms with van der Waals surface area (Å²) < 4.78 is 19.9. The van der Waals surface area contributed by atoms with Crippen LogP contribution in [0.3, 0.4) is 0 Å². The first-order valence-electron chi connectivity index (χ1n) is 9.06. The quantitative estimate of drug-likeness (QED) is 0.332. The summed E-state index contributed by atoms with van der Waals surface area (Å²) in [5, 5.41) is 5.02. The van der Waals surface area contributed by atoms with E-state index in [0.717, 1.165) is 17.0 Å². The number of halogens is 1. The van der Waals surface area contributed by atoms with Gasteiger partial charge in [-0.3, -0.25) is 9.59 Å². The Kier molecular flexibility index (Phi) is 6.26. The van der Waals surface area contributed by atoms with Gasteiger partial charge in [0, 0.05) is 23.4 Å². The van der Waals surface area contributed by atoms with Gasteiger partial charge in [0.1, 0.15) is 5.82 Å². The van der Waals surface area contributed by atoms with Crippen LogP contribution in [0.5, 0.6) is 0 Å². The lowest BCUT2D eigenvalue weighted by molar-refractivity contribution is -0.146. The topological polar surface area (TPSA) is 86.5 Å². The van der Waals surface area contributed by atoms with E-state index in [4.69, 9.17) is 4.74 Å². The number of Topliss-reactive ketones (excluding diaryl/α,β-unsaturated/α-hetero) is 1. The maximum absolute atomic E-state index is 13.0. The lowest BCUT2D eigenvalue weighted by Gasteiger charge is -2.13. The first-order chi connectivity index (χ1) is 13.8. The predicted octanol–water partition coefficient (Wildman–Crippen LogP) is 3.35. The van der Waals surface area contributed by atoms with Crippen LogP contribution in [0.4, 0.5) is 4.39 Å². The van der Waals surface area contributed by atoms with Crippen molar-refractivity contribution in [2.24, 2.45) is 0 Å². The Labute approximate surface area is 171 Å². The van der Waals surface area contributed by atoms with Crippen LogP contribution in [0, 0.1) is 19.7 Å². The van der Waals surface area contributed by atoms with Crippen molar-refractivity contribution in [3.8, 4) is 0 Å². The molecule has 0 N–H and O–H groups in total. The Morgan fingerprint density at radius 1 is 1.21 bits per heavy atom. The second-order valence-corrected chi connectivity index (χ2v) is 7.35. The first-order valence-corrected chi connectivity index (χ1v) is 10.3. The Hall–Kier alpha value is -2.81. The van der Waals surface area contributed by atoms with Gasteiger partial charge in [-0.1, -0.05) is 11.8 Å². The number of nitrogens with zero attached hydrogens (tertiary/aromatic N) is 4. The van der Waals surface area contributed by atoms with E-state index >= 15 is 0 Å². The monoisotopic (exact) mass is 416 g/mol. The van der Waals surface area contributed by atoms with E-state index in [1.54, 1.807) is 4.52 Å². The molecule has 0 fully saturated rings. The number of benzene rings is 1. The molecule has 0 radical (unpaired) electrons. The van der Waals surface area contributed by atoms with Gasteiger partial charge in [0.15, 0.2) is 6.10 Å². The van der Waals surface area contributed by atoms with Crippen molar-refractivity contribution < 1.29 is 18.7 Å². The SMILES string of the molecule is CSc1nc2nc(C)c(CCC(=O)O[C@@H](C)C(=O)c3ccc(F)cc3)c(C)n2n1. The fraction of sp³-hybridized carbons (Fsp3) is 0.350. The maximum atomic E-state index is 13.0. The summed E-state index contributed by atoms with van der Waals surface area (Å²) in [5.74, 6) is -0.773. The molecule has 0 aliphatic heterocycles. The van der Waals surface area contributed by atoms with E-state index in [-0.39, 0.29) is 12.2 Å². The molecular weight excluding hydrogens is 395 g/mol. The molecule has 0 saturated heterocycles. The number of ketones is 1. The molecule has 0 amide bonds. The van der Waals surface area contributed by atoms with E-state index in [2.05, 4.69) is 15.1 Å². The molecule has 3 aromatic rings. The van der Waals surface area contributed by atoms with Crippen LogP contribution >= 0.6 is 11.8 Å². The van der Waals surface area contributed by atoms with Crippen molar-refractivity contribution >= 4 is 29.3 Å². The van der Waals surface area contributed by atoms with E-state index in [1.165, 1.54) is 43.0 Å². The Morgan fingerprint density at radius 3 is 2.55 bits per heavy atom. The van der Waals surface area contributed by atoms with E-state index in [0.29, 0.717) is 22.9 Å². The Balaban J connectivity index is 1.65. The van der Waals surface area contributed by atoms with Crippen LogP contribution in [0.25, 0.3) is 5.78 Å². The van der Waals surface area contributed by atoms with Crippen LogP contribution in [0.2, 0.25) is 0 Å². The fourth-order valence-electron chi connectivity index (χ4n) is 3.02. The molecule has 0 bridgehead atoms. The van der Waals surface area contributed by atoms with Crippen molar-refractivity contribution in [2.45, 2.75) is 44.9 Å². The minimum Gasteiger partial charge on any atom is -0.454 e. The highest BCUT2D eigenvalue weighted by molar-refractivity contribution is 7.98. The van der Waals surface area contributed by atoms with Gasteiger partial charge in [-0.15, -0.1) is 5.10 Å². The van der Waals surface area contributed by atoms with Crippen molar-refractivity contribution in [2.75, 3.05) is 6.26 Å². The molecule has 152 valence electrons. The van der Waals surface area contributed by atoms with Crippen molar-refractivity contribution in [1.82, 2.24) is 19.6 Å². The third kappa shape index (κ3) is 4.61. The smallest absolute Gasteiger partial charge is 0.306 e. The lowest BCUT2D eigenvalue weighted by atomic mass is 10.1. The molecule has 2 aromatic heterocycles. The summed E-state index contributed by atoms with van der Waals surface area (Å²) in [6.07, 6.45) is 1.45. The second-order valence-electron chi connectivity index (χ2n) is 6.57. The average molecular weight is 416 g/mol. The van der Waals surface area contributed by atoms with Gasteiger partial charge in [-0.25, -0.2) is 13.9 Å². The van der Waals surface area contributed by atoms with Gasteiger partial charge < -0.3 is 4.74 Å². The Morgan fingerprint density at radius 2 is 1.90 bits per heavy atom. The highest BCUT2D eigenvalue weighted by Gasteiger charge is 2.20. The number of aromatic nitrogens is 4. The number of aryl methyl sites for hydroxylation is 2. The maximum Gasteiger partial charge on any atom is 0.306 e. The number of fused-ring (bicyclic) bond motifs is 1. The number of carbonyl (C=O) groups is 2. The van der Waals surface area contributed by atoms with Gasteiger partial charge in [0.2, 0.25) is 10.9 Å². The number of carbonyl (C=O) groups excluding carboxylic acids is 2.